The fraction of sp³-hybridized carbons (Fsp3) is 0.217. The summed E-state index contributed by atoms with van der Waals surface area (Å²) in [6.45, 7) is 7.77. The van der Waals surface area contributed by atoms with Crippen molar-refractivity contribution in [1.82, 2.24) is 4.98 Å². The van der Waals surface area contributed by atoms with Crippen LogP contribution in [0.4, 0.5) is 15.8 Å². The average molecular weight is 442 g/mol. The van der Waals surface area contributed by atoms with Crippen molar-refractivity contribution in [3.63, 3.8) is 0 Å². The summed E-state index contributed by atoms with van der Waals surface area (Å²) in [6, 6.07) is 13.0. The molecule has 0 bridgehead atoms. The number of carbonyl (C=O) groups excluding carboxylic acids is 1. The van der Waals surface area contributed by atoms with Crippen LogP contribution in [-0.2, 0) is 15.4 Å². The number of aromatic nitrogens is 1. The summed E-state index contributed by atoms with van der Waals surface area (Å²) in [6.07, 6.45) is 1.57. The van der Waals surface area contributed by atoms with E-state index in [1.807, 2.05) is 26.8 Å². The van der Waals surface area contributed by atoms with E-state index in [4.69, 9.17) is 0 Å². The molecule has 1 aromatic heterocycles. The average Bonchev–Trinajstić information content (AvgIpc) is 2.69. The molecule has 3 aromatic rings. The number of benzene rings is 2. The number of nitrogens with zero attached hydrogens (tertiary/aromatic N) is 1. The summed E-state index contributed by atoms with van der Waals surface area (Å²) in [5.74, 6) is -0.925. The number of nitrogens with one attached hydrogen (secondary N) is 2. The van der Waals surface area contributed by atoms with Crippen LogP contribution in [-0.4, -0.2) is 19.3 Å². The van der Waals surface area contributed by atoms with E-state index >= 15 is 0 Å². The van der Waals surface area contributed by atoms with E-state index in [1.165, 1.54) is 18.2 Å². The molecule has 8 heteroatoms. The standard InChI is InChI=1S/C23H24FN3O3S/c1-15-5-6-16(22(28)26-19-11-12-21(25-14-19)23(2,3)4)13-20(15)31(29,30)27-18-9-7-17(24)8-10-18/h5-14,27H,1-4H3,(H,26,28). The van der Waals surface area contributed by atoms with Crippen LogP contribution in [0.25, 0.3) is 0 Å². The van der Waals surface area contributed by atoms with Gasteiger partial charge in [0.25, 0.3) is 15.9 Å². The number of carbonyl (C=O) groups is 1. The van der Waals surface area contributed by atoms with E-state index in [2.05, 4.69) is 15.0 Å². The van der Waals surface area contributed by atoms with Crippen LogP contribution in [0.3, 0.4) is 0 Å². The first-order valence-electron chi connectivity index (χ1n) is 9.63. The fourth-order valence-corrected chi connectivity index (χ4v) is 4.20. The van der Waals surface area contributed by atoms with Crippen molar-refractivity contribution in [2.75, 3.05) is 10.0 Å². The van der Waals surface area contributed by atoms with Crippen molar-refractivity contribution in [3.8, 4) is 0 Å². The highest BCUT2D eigenvalue weighted by molar-refractivity contribution is 7.92. The first-order chi connectivity index (χ1) is 14.5. The van der Waals surface area contributed by atoms with E-state index in [1.54, 1.807) is 31.3 Å². The van der Waals surface area contributed by atoms with Gasteiger partial charge in [0.05, 0.1) is 16.8 Å². The maximum atomic E-state index is 13.1. The van der Waals surface area contributed by atoms with Gasteiger partial charge in [-0.05, 0) is 61.0 Å². The van der Waals surface area contributed by atoms with Gasteiger partial charge in [-0.1, -0.05) is 26.8 Å². The zero-order valence-electron chi connectivity index (χ0n) is 17.7. The van der Waals surface area contributed by atoms with Crippen molar-refractivity contribution in [3.05, 3.63) is 83.4 Å². The Bertz CT molecular complexity index is 1200. The molecule has 0 spiro atoms. The summed E-state index contributed by atoms with van der Waals surface area (Å²) in [4.78, 5) is 17.0. The Balaban J connectivity index is 1.82. The smallest absolute Gasteiger partial charge is 0.262 e. The van der Waals surface area contributed by atoms with E-state index in [0.717, 1.165) is 17.8 Å². The molecule has 1 heterocycles. The molecule has 31 heavy (non-hydrogen) atoms. The molecule has 0 aliphatic carbocycles. The van der Waals surface area contributed by atoms with Gasteiger partial charge in [-0.15, -0.1) is 0 Å². The highest BCUT2D eigenvalue weighted by Crippen LogP contribution is 2.23. The normalized spacial score (nSPS) is 11.8. The molecule has 0 saturated heterocycles. The van der Waals surface area contributed by atoms with E-state index in [9.17, 15) is 17.6 Å². The second kappa shape index (κ2) is 8.47. The minimum absolute atomic E-state index is 0.0364. The number of hydrogen-bond donors (Lipinski definition) is 2. The van der Waals surface area contributed by atoms with E-state index < -0.39 is 21.7 Å². The number of hydrogen-bond acceptors (Lipinski definition) is 4. The first-order valence-corrected chi connectivity index (χ1v) is 11.1. The molecule has 0 unspecified atom stereocenters. The van der Waals surface area contributed by atoms with Gasteiger partial charge in [0.15, 0.2) is 0 Å². The van der Waals surface area contributed by atoms with Gasteiger partial charge in [-0.3, -0.25) is 14.5 Å². The molecule has 0 atom stereocenters. The summed E-state index contributed by atoms with van der Waals surface area (Å²) >= 11 is 0. The molecule has 6 nitrogen and oxygen atoms in total. The van der Waals surface area contributed by atoms with Crippen LogP contribution in [0, 0.1) is 12.7 Å². The number of rotatable bonds is 5. The Morgan fingerprint density at radius 3 is 2.19 bits per heavy atom. The van der Waals surface area contributed by atoms with Crippen molar-refractivity contribution >= 4 is 27.3 Å². The number of halogens is 1. The van der Waals surface area contributed by atoms with Gasteiger partial charge >= 0.3 is 0 Å². The zero-order chi connectivity index (χ0) is 22.8. The SMILES string of the molecule is Cc1ccc(C(=O)Nc2ccc(C(C)(C)C)nc2)cc1S(=O)(=O)Nc1ccc(F)cc1. The highest BCUT2D eigenvalue weighted by atomic mass is 32.2. The quantitative estimate of drug-likeness (QED) is 0.591. The maximum absolute atomic E-state index is 13.1. The van der Waals surface area contributed by atoms with Crippen molar-refractivity contribution in [2.45, 2.75) is 38.0 Å². The van der Waals surface area contributed by atoms with Crippen LogP contribution in [0.5, 0.6) is 0 Å². The zero-order valence-corrected chi connectivity index (χ0v) is 18.5. The topological polar surface area (TPSA) is 88.2 Å². The van der Waals surface area contributed by atoms with Crippen LogP contribution < -0.4 is 10.0 Å². The lowest BCUT2D eigenvalue weighted by molar-refractivity contribution is 0.102. The van der Waals surface area contributed by atoms with Crippen molar-refractivity contribution < 1.29 is 17.6 Å². The number of anilines is 2. The van der Waals surface area contributed by atoms with Gasteiger partial charge in [0.1, 0.15) is 5.82 Å². The third-order valence-electron chi connectivity index (χ3n) is 4.63. The molecule has 1 amide bonds. The first kappa shape index (κ1) is 22.4. The Morgan fingerprint density at radius 2 is 1.61 bits per heavy atom. The second-order valence-electron chi connectivity index (χ2n) is 8.23. The lowest BCUT2D eigenvalue weighted by Gasteiger charge is -2.17. The van der Waals surface area contributed by atoms with Crippen LogP contribution in [0.1, 0.15) is 42.4 Å². The molecule has 0 radical (unpaired) electrons. The van der Waals surface area contributed by atoms with E-state index in [0.29, 0.717) is 11.3 Å². The predicted molar refractivity (Wildman–Crippen MR) is 119 cm³/mol. The third-order valence-corrected chi connectivity index (χ3v) is 6.15. The Hall–Kier alpha value is -3.26. The van der Waals surface area contributed by atoms with Gasteiger partial charge in [-0.25, -0.2) is 12.8 Å². The molecule has 0 aliphatic rings. The van der Waals surface area contributed by atoms with Gasteiger partial charge in [0, 0.05) is 22.4 Å². The third kappa shape index (κ3) is 5.46. The summed E-state index contributed by atoms with van der Waals surface area (Å²) < 4.78 is 41.1. The molecule has 0 aliphatic heterocycles. The minimum Gasteiger partial charge on any atom is -0.321 e. The van der Waals surface area contributed by atoms with Crippen molar-refractivity contribution in [2.24, 2.45) is 0 Å². The molecule has 162 valence electrons. The van der Waals surface area contributed by atoms with Crippen LogP contribution in [0.2, 0.25) is 0 Å². The van der Waals surface area contributed by atoms with Gasteiger partial charge in [0.2, 0.25) is 0 Å². The highest BCUT2D eigenvalue weighted by Gasteiger charge is 2.20. The van der Waals surface area contributed by atoms with Crippen molar-refractivity contribution in [1.29, 1.82) is 0 Å². The van der Waals surface area contributed by atoms with E-state index in [-0.39, 0.29) is 21.6 Å². The predicted octanol–water partition coefficient (Wildman–Crippen LogP) is 4.88. The molecule has 2 aromatic carbocycles. The Labute approximate surface area is 181 Å². The Morgan fingerprint density at radius 1 is 0.968 bits per heavy atom. The summed E-state index contributed by atoms with van der Waals surface area (Å²) in [7, 11) is -3.97. The largest absolute Gasteiger partial charge is 0.321 e. The molecular formula is C23H24FN3O3S. The lowest BCUT2D eigenvalue weighted by Crippen LogP contribution is -2.17. The second-order valence-corrected chi connectivity index (χ2v) is 9.88. The maximum Gasteiger partial charge on any atom is 0.262 e. The molecule has 0 saturated carbocycles. The summed E-state index contributed by atoms with van der Waals surface area (Å²) in [5.41, 5.74) is 2.17. The van der Waals surface area contributed by atoms with Crippen LogP contribution in [0.15, 0.2) is 65.7 Å². The van der Waals surface area contributed by atoms with Crippen LogP contribution >= 0.6 is 0 Å². The lowest BCUT2D eigenvalue weighted by atomic mass is 9.92. The number of amides is 1. The Kier molecular flexibility index (Phi) is 6.13. The number of sulfonamides is 1. The number of aryl methyl sites for hydroxylation is 1. The molecule has 2 N–H and O–H groups in total. The molecular weight excluding hydrogens is 417 g/mol. The monoisotopic (exact) mass is 441 g/mol. The number of pyridine rings is 1. The molecule has 0 fully saturated rings. The molecule has 3 rings (SSSR count). The van der Waals surface area contributed by atoms with Gasteiger partial charge in [-0.2, -0.15) is 0 Å². The fourth-order valence-electron chi connectivity index (χ4n) is 2.87. The minimum atomic E-state index is -3.97. The summed E-state index contributed by atoms with van der Waals surface area (Å²) in [5, 5.41) is 2.73. The van der Waals surface area contributed by atoms with Gasteiger partial charge < -0.3 is 5.32 Å².